The molecule has 0 saturated heterocycles. The average Bonchev–Trinajstić information content (AvgIpc) is 3.32. The van der Waals surface area contributed by atoms with Gasteiger partial charge >= 0.3 is 0 Å². The first kappa shape index (κ1) is 18.1. The molecule has 0 radical (unpaired) electrons. The summed E-state index contributed by atoms with van der Waals surface area (Å²) in [6.45, 7) is 0. The summed E-state index contributed by atoms with van der Waals surface area (Å²) in [5.41, 5.74) is 12.6. The fraction of sp³-hybridized carbons (Fsp3) is 0.0333. The minimum atomic E-state index is -0.301. The molecule has 2 aliphatic carbocycles. The summed E-state index contributed by atoms with van der Waals surface area (Å²) in [5, 5.41) is 0. The second-order valence-corrected chi connectivity index (χ2v) is 9.42. The molecule has 0 N–H and O–H groups in total. The van der Waals surface area contributed by atoms with E-state index in [2.05, 4.69) is 124 Å². The normalized spacial score (nSPS) is 14.0. The van der Waals surface area contributed by atoms with E-state index in [0.29, 0.717) is 0 Å². The molecule has 0 atom stereocenters. The third-order valence-electron chi connectivity index (χ3n) is 7.02. The van der Waals surface area contributed by atoms with Crippen molar-refractivity contribution in [3.8, 4) is 33.5 Å². The minimum absolute atomic E-state index is 0.301. The van der Waals surface area contributed by atoms with Crippen LogP contribution in [-0.4, -0.2) is 4.98 Å². The van der Waals surface area contributed by atoms with Crippen molar-refractivity contribution in [2.45, 2.75) is 5.41 Å². The number of nitrogens with zero attached hydrogens (tertiary/aromatic N) is 1. The molecule has 1 heterocycles. The topological polar surface area (TPSA) is 12.9 Å². The van der Waals surface area contributed by atoms with Crippen molar-refractivity contribution in [2.24, 2.45) is 0 Å². The van der Waals surface area contributed by atoms with E-state index in [0.717, 1.165) is 15.7 Å². The second-order valence-electron chi connectivity index (χ2n) is 8.51. The zero-order chi connectivity index (χ0) is 21.3. The number of benzene rings is 4. The average molecular weight is 472 g/mol. The lowest BCUT2D eigenvalue weighted by Gasteiger charge is -2.30. The van der Waals surface area contributed by atoms with Gasteiger partial charge in [-0.3, -0.25) is 4.98 Å². The van der Waals surface area contributed by atoms with Crippen molar-refractivity contribution in [1.82, 2.24) is 4.98 Å². The van der Waals surface area contributed by atoms with Gasteiger partial charge in [-0.1, -0.05) is 84.9 Å². The molecule has 150 valence electrons. The van der Waals surface area contributed by atoms with Crippen molar-refractivity contribution in [3.63, 3.8) is 0 Å². The highest BCUT2D eigenvalue weighted by Gasteiger charge is 2.51. The highest BCUT2D eigenvalue weighted by atomic mass is 79.9. The molecule has 2 aliphatic rings. The maximum absolute atomic E-state index is 4.68. The molecule has 0 bridgehead atoms. The van der Waals surface area contributed by atoms with Gasteiger partial charge < -0.3 is 0 Å². The van der Waals surface area contributed by atoms with Gasteiger partial charge in [0.1, 0.15) is 0 Å². The maximum Gasteiger partial charge on any atom is 0.0725 e. The Labute approximate surface area is 195 Å². The fourth-order valence-corrected chi connectivity index (χ4v) is 6.04. The van der Waals surface area contributed by atoms with E-state index in [4.69, 9.17) is 0 Å². The van der Waals surface area contributed by atoms with Crippen LogP contribution in [0, 0.1) is 0 Å². The Morgan fingerprint density at radius 3 is 1.59 bits per heavy atom. The molecule has 0 fully saturated rings. The molecule has 0 saturated carbocycles. The van der Waals surface area contributed by atoms with Gasteiger partial charge in [0, 0.05) is 16.2 Å². The predicted molar refractivity (Wildman–Crippen MR) is 134 cm³/mol. The van der Waals surface area contributed by atoms with Gasteiger partial charge in [0.2, 0.25) is 0 Å². The van der Waals surface area contributed by atoms with E-state index in [9.17, 15) is 0 Å². The third-order valence-corrected chi connectivity index (χ3v) is 7.49. The monoisotopic (exact) mass is 471 g/mol. The molecule has 1 spiro atoms. The summed E-state index contributed by atoms with van der Waals surface area (Å²) >= 11 is 3.51. The first-order chi connectivity index (χ1) is 15.8. The smallest absolute Gasteiger partial charge is 0.0725 e. The van der Waals surface area contributed by atoms with Gasteiger partial charge in [-0.2, -0.15) is 0 Å². The van der Waals surface area contributed by atoms with Gasteiger partial charge in [0.15, 0.2) is 0 Å². The number of pyridine rings is 1. The molecule has 7 rings (SSSR count). The Hall–Kier alpha value is -3.49. The van der Waals surface area contributed by atoms with Crippen LogP contribution in [0.1, 0.15) is 22.3 Å². The largest absolute Gasteiger partial charge is 0.255 e. The van der Waals surface area contributed by atoms with Crippen LogP contribution in [0.5, 0.6) is 0 Å². The Morgan fingerprint density at radius 1 is 0.531 bits per heavy atom. The summed E-state index contributed by atoms with van der Waals surface area (Å²) in [5.74, 6) is 0. The molecule has 0 unspecified atom stereocenters. The van der Waals surface area contributed by atoms with Crippen LogP contribution in [0.25, 0.3) is 33.5 Å². The standard InChI is InChI=1S/C30H18BrN/c31-20-14-16-29(32-18-20)19-13-15-24-23-9-3-6-12-27(23)30(28(24)17-19)25-10-4-1-7-21(25)22-8-2-5-11-26(22)30/h1-18H. The van der Waals surface area contributed by atoms with Crippen LogP contribution in [0.2, 0.25) is 0 Å². The third kappa shape index (κ3) is 2.20. The minimum Gasteiger partial charge on any atom is -0.255 e. The Balaban J connectivity index is 1.61. The van der Waals surface area contributed by atoms with Crippen molar-refractivity contribution >= 4 is 15.9 Å². The molecule has 4 aromatic carbocycles. The number of rotatable bonds is 1. The highest BCUT2D eigenvalue weighted by molar-refractivity contribution is 9.10. The van der Waals surface area contributed by atoms with Crippen LogP contribution >= 0.6 is 15.9 Å². The predicted octanol–water partition coefficient (Wildman–Crippen LogP) is 7.85. The van der Waals surface area contributed by atoms with Crippen molar-refractivity contribution in [2.75, 3.05) is 0 Å². The lowest BCUT2D eigenvalue weighted by molar-refractivity contribution is 0.794. The second kappa shape index (κ2) is 6.51. The molecule has 0 aliphatic heterocycles. The van der Waals surface area contributed by atoms with E-state index < -0.39 is 0 Å². The van der Waals surface area contributed by atoms with Gasteiger partial charge in [0.05, 0.1) is 11.1 Å². The van der Waals surface area contributed by atoms with E-state index in [1.165, 1.54) is 44.5 Å². The van der Waals surface area contributed by atoms with Gasteiger partial charge in [-0.15, -0.1) is 0 Å². The van der Waals surface area contributed by atoms with Crippen LogP contribution in [0.15, 0.2) is 114 Å². The Bertz CT molecular complexity index is 1470. The first-order valence-electron chi connectivity index (χ1n) is 10.8. The SMILES string of the molecule is Brc1ccc(-c2ccc3c(c2)C2(c4ccccc4-c4ccccc42)c2ccccc2-3)nc1. The lowest BCUT2D eigenvalue weighted by atomic mass is 9.70. The van der Waals surface area contributed by atoms with Crippen LogP contribution in [0.3, 0.4) is 0 Å². The van der Waals surface area contributed by atoms with Gasteiger partial charge in [0.25, 0.3) is 0 Å². The number of halogens is 1. The maximum atomic E-state index is 4.68. The molecular formula is C30H18BrN. The molecule has 1 aromatic heterocycles. The molecule has 5 aromatic rings. The summed E-state index contributed by atoms with van der Waals surface area (Å²) in [6.07, 6.45) is 1.87. The zero-order valence-corrected chi connectivity index (χ0v) is 18.8. The van der Waals surface area contributed by atoms with Crippen LogP contribution in [0.4, 0.5) is 0 Å². The molecule has 2 heteroatoms. The fourth-order valence-electron chi connectivity index (χ4n) is 5.80. The van der Waals surface area contributed by atoms with Crippen molar-refractivity contribution in [1.29, 1.82) is 0 Å². The summed E-state index contributed by atoms with van der Waals surface area (Å²) in [6, 6.07) is 37.7. The summed E-state index contributed by atoms with van der Waals surface area (Å²) in [7, 11) is 0. The number of aromatic nitrogens is 1. The number of hydrogen-bond donors (Lipinski definition) is 0. The van der Waals surface area contributed by atoms with Crippen molar-refractivity contribution < 1.29 is 0 Å². The number of fused-ring (bicyclic) bond motifs is 10. The lowest BCUT2D eigenvalue weighted by Crippen LogP contribution is -2.25. The van der Waals surface area contributed by atoms with Gasteiger partial charge in [-0.05, 0) is 78.6 Å². The molecule has 0 amide bonds. The van der Waals surface area contributed by atoms with E-state index in [-0.39, 0.29) is 5.41 Å². The highest BCUT2D eigenvalue weighted by Crippen LogP contribution is 2.62. The Morgan fingerprint density at radius 2 is 1.06 bits per heavy atom. The van der Waals surface area contributed by atoms with E-state index >= 15 is 0 Å². The summed E-state index contributed by atoms with van der Waals surface area (Å²) < 4.78 is 0.991. The van der Waals surface area contributed by atoms with E-state index in [1.54, 1.807) is 0 Å². The summed E-state index contributed by atoms with van der Waals surface area (Å²) in [4.78, 5) is 4.68. The number of hydrogen-bond acceptors (Lipinski definition) is 1. The molecule has 32 heavy (non-hydrogen) atoms. The first-order valence-corrected chi connectivity index (χ1v) is 11.6. The molecule has 1 nitrogen and oxygen atoms in total. The van der Waals surface area contributed by atoms with Crippen molar-refractivity contribution in [3.05, 3.63) is 136 Å². The van der Waals surface area contributed by atoms with Crippen LogP contribution in [-0.2, 0) is 5.41 Å². The Kier molecular flexibility index (Phi) is 3.68. The quantitative estimate of drug-likeness (QED) is 0.237. The van der Waals surface area contributed by atoms with Gasteiger partial charge in [-0.25, -0.2) is 0 Å². The van der Waals surface area contributed by atoms with E-state index in [1.807, 2.05) is 6.20 Å². The molecular weight excluding hydrogens is 454 g/mol. The zero-order valence-electron chi connectivity index (χ0n) is 17.2. The van der Waals surface area contributed by atoms with Crippen LogP contribution < -0.4 is 0 Å².